The van der Waals surface area contributed by atoms with E-state index in [9.17, 15) is 4.79 Å². The topological polar surface area (TPSA) is 81.9 Å². The van der Waals surface area contributed by atoms with Crippen molar-refractivity contribution in [2.24, 2.45) is 5.10 Å². The highest BCUT2D eigenvalue weighted by Crippen LogP contribution is 2.10. The quantitative estimate of drug-likeness (QED) is 0.539. The molecular formula is C9H9ClN2O3. The molecule has 0 spiro atoms. The van der Waals surface area contributed by atoms with E-state index >= 15 is 0 Å². The van der Waals surface area contributed by atoms with Crippen LogP contribution in [0.4, 0.5) is 4.79 Å². The highest BCUT2D eigenvalue weighted by molar-refractivity contribution is 6.30. The number of hydrogen-bond donors (Lipinski definition) is 3. The fourth-order valence-electron chi connectivity index (χ4n) is 0.949. The van der Waals surface area contributed by atoms with E-state index < -0.39 is 6.09 Å². The summed E-state index contributed by atoms with van der Waals surface area (Å²) in [5.74, 6) is 0. The predicted molar refractivity (Wildman–Crippen MR) is 56.2 cm³/mol. The number of hydrogen-bond acceptors (Lipinski definition) is 3. The van der Waals surface area contributed by atoms with E-state index in [1.807, 2.05) is 5.43 Å². The Hall–Kier alpha value is -1.59. The van der Waals surface area contributed by atoms with Crippen molar-refractivity contribution in [2.45, 2.75) is 0 Å². The van der Waals surface area contributed by atoms with E-state index in [-0.39, 0.29) is 12.3 Å². The summed E-state index contributed by atoms with van der Waals surface area (Å²) in [5.41, 5.74) is 2.66. The summed E-state index contributed by atoms with van der Waals surface area (Å²) < 4.78 is 0. The molecule has 0 unspecified atom stereocenters. The van der Waals surface area contributed by atoms with Crippen molar-refractivity contribution in [1.29, 1.82) is 0 Å². The first-order valence-electron chi connectivity index (χ1n) is 4.06. The molecule has 5 nitrogen and oxygen atoms in total. The smallest absolute Gasteiger partial charge is 0.425 e. The van der Waals surface area contributed by atoms with Crippen LogP contribution < -0.4 is 5.43 Å². The number of rotatable bonds is 3. The van der Waals surface area contributed by atoms with Gasteiger partial charge in [0, 0.05) is 10.6 Å². The predicted octanol–water partition coefficient (Wildman–Crippen LogP) is 1.30. The monoisotopic (exact) mass is 228 g/mol. The van der Waals surface area contributed by atoms with E-state index in [2.05, 4.69) is 5.10 Å². The summed E-state index contributed by atoms with van der Waals surface area (Å²) in [5, 5.41) is 21.4. The van der Waals surface area contributed by atoms with Gasteiger partial charge >= 0.3 is 6.09 Å². The molecule has 1 aromatic carbocycles. The SMILES string of the molecule is O=C(O)N/N=C(/CO)c1ccc(Cl)cc1. The van der Waals surface area contributed by atoms with Crippen LogP contribution in [0.25, 0.3) is 0 Å². The van der Waals surface area contributed by atoms with Crippen LogP contribution in [-0.2, 0) is 0 Å². The third-order valence-electron chi connectivity index (χ3n) is 1.61. The van der Waals surface area contributed by atoms with Crippen molar-refractivity contribution in [3.05, 3.63) is 34.9 Å². The maximum Gasteiger partial charge on any atom is 0.425 e. The van der Waals surface area contributed by atoms with Crippen LogP contribution in [0.1, 0.15) is 5.56 Å². The Kier molecular flexibility index (Phi) is 4.08. The van der Waals surface area contributed by atoms with Gasteiger partial charge in [-0.15, -0.1) is 0 Å². The van der Waals surface area contributed by atoms with Gasteiger partial charge in [-0.25, -0.2) is 10.2 Å². The van der Waals surface area contributed by atoms with E-state index in [1.54, 1.807) is 24.3 Å². The van der Waals surface area contributed by atoms with E-state index in [0.717, 1.165) is 0 Å². The number of hydrazone groups is 1. The van der Waals surface area contributed by atoms with Crippen LogP contribution in [0.2, 0.25) is 5.02 Å². The van der Waals surface area contributed by atoms with E-state index in [4.69, 9.17) is 21.8 Å². The lowest BCUT2D eigenvalue weighted by atomic mass is 10.1. The molecule has 0 aliphatic rings. The zero-order valence-electron chi connectivity index (χ0n) is 7.64. The van der Waals surface area contributed by atoms with Crippen LogP contribution in [0, 0.1) is 0 Å². The number of benzene rings is 1. The molecule has 0 heterocycles. The molecule has 0 aliphatic carbocycles. The Morgan fingerprint density at radius 1 is 1.40 bits per heavy atom. The number of carboxylic acid groups (broad SMARTS) is 1. The van der Waals surface area contributed by atoms with Crippen molar-refractivity contribution in [2.75, 3.05) is 6.61 Å². The number of amides is 1. The van der Waals surface area contributed by atoms with Crippen molar-refractivity contribution < 1.29 is 15.0 Å². The van der Waals surface area contributed by atoms with Gasteiger partial charge in [-0.3, -0.25) is 0 Å². The number of nitrogens with one attached hydrogen (secondary N) is 1. The number of aliphatic hydroxyl groups excluding tert-OH is 1. The summed E-state index contributed by atoms with van der Waals surface area (Å²) >= 11 is 5.67. The second-order valence-corrected chi connectivity index (χ2v) is 3.08. The molecule has 0 saturated carbocycles. The second kappa shape index (κ2) is 5.33. The molecule has 0 aliphatic heterocycles. The summed E-state index contributed by atoms with van der Waals surface area (Å²) in [6.07, 6.45) is -1.28. The molecule has 0 fully saturated rings. The zero-order valence-corrected chi connectivity index (χ0v) is 8.40. The lowest BCUT2D eigenvalue weighted by molar-refractivity contribution is 0.195. The Morgan fingerprint density at radius 3 is 2.47 bits per heavy atom. The molecule has 3 N–H and O–H groups in total. The van der Waals surface area contributed by atoms with Crippen molar-refractivity contribution in [3.63, 3.8) is 0 Å². The van der Waals surface area contributed by atoms with Crippen molar-refractivity contribution in [1.82, 2.24) is 5.43 Å². The van der Waals surface area contributed by atoms with Gasteiger partial charge in [-0.05, 0) is 12.1 Å². The summed E-state index contributed by atoms with van der Waals surface area (Å²) in [7, 11) is 0. The van der Waals surface area contributed by atoms with Gasteiger partial charge in [-0.1, -0.05) is 23.7 Å². The van der Waals surface area contributed by atoms with Gasteiger partial charge in [0.25, 0.3) is 0 Å². The molecule has 6 heteroatoms. The van der Waals surface area contributed by atoms with Crippen LogP contribution in [0.3, 0.4) is 0 Å². The van der Waals surface area contributed by atoms with E-state index in [1.165, 1.54) is 0 Å². The average molecular weight is 229 g/mol. The number of aliphatic hydroxyl groups is 1. The summed E-state index contributed by atoms with van der Waals surface area (Å²) in [4.78, 5) is 10.2. The summed E-state index contributed by atoms with van der Waals surface area (Å²) in [6, 6.07) is 6.54. The highest BCUT2D eigenvalue weighted by atomic mass is 35.5. The Balaban J connectivity index is 2.87. The first-order valence-corrected chi connectivity index (χ1v) is 4.43. The van der Waals surface area contributed by atoms with Crippen molar-refractivity contribution >= 4 is 23.4 Å². The lowest BCUT2D eigenvalue weighted by Crippen LogP contribution is -2.19. The molecule has 0 bridgehead atoms. The second-order valence-electron chi connectivity index (χ2n) is 2.64. The van der Waals surface area contributed by atoms with Gasteiger partial charge < -0.3 is 10.2 Å². The number of carbonyl (C=O) groups is 1. The zero-order chi connectivity index (χ0) is 11.3. The molecule has 0 atom stereocenters. The minimum absolute atomic E-state index is 0.231. The third kappa shape index (κ3) is 3.57. The number of halogens is 1. The molecule has 80 valence electrons. The molecule has 15 heavy (non-hydrogen) atoms. The molecule has 1 rings (SSSR count). The Bertz CT molecular complexity index is 375. The van der Waals surface area contributed by atoms with Crippen LogP contribution in [-0.4, -0.2) is 28.6 Å². The molecule has 1 aromatic rings. The van der Waals surface area contributed by atoms with Gasteiger partial charge in [0.2, 0.25) is 0 Å². The maximum atomic E-state index is 10.2. The normalized spacial score (nSPS) is 11.2. The highest BCUT2D eigenvalue weighted by Gasteiger charge is 2.02. The van der Waals surface area contributed by atoms with Gasteiger partial charge in [-0.2, -0.15) is 5.10 Å². The Morgan fingerprint density at radius 2 is 2.00 bits per heavy atom. The molecule has 0 saturated heterocycles. The van der Waals surface area contributed by atoms with Gasteiger partial charge in [0.1, 0.15) is 0 Å². The third-order valence-corrected chi connectivity index (χ3v) is 1.87. The van der Waals surface area contributed by atoms with Crippen molar-refractivity contribution in [3.8, 4) is 0 Å². The number of nitrogens with zero attached hydrogens (tertiary/aromatic N) is 1. The van der Waals surface area contributed by atoms with E-state index in [0.29, 0.717) is 10.6 Å². The standard InChI is InChI=1S/C9H9ClN2O3/c10-7-3-1-6(2-4-7)8(5-13)11-12-9(14)15/h1-4,12-13H,5H2,(H,14,15)/b11-8-. The molecule has 0 aromatic heterocycles. The largest absolute Gasteiger partial charge is 0.464 e. The Labute approximate surface area is 91.0 Å². The van der Waals surface area contributed by atoms with Crippen LogP contribution in [0.5, 0.6) is 0 Å². The molecule has 0 radical (unpaired) electrons. The minimum atomic E-state index is -1.28. The maximum absolute atomic E-state index is 10.2. The molecular weight excluding hydrogens is 220 g/mol. The lowest BCUT2D eigenvalue weighted by Gasteiger charge is -2.02. The average Bonchev–Trinajstić information content (AvgIpc) is 2.21. The molecule has 1 amide bonds. The van der Waals surface area contributed by atoms with Crippen LogP contribution >= 0.6 is 11.6 Å². The first kappa shape index (κ1) is 11.5. The van der Waals surface area contributed by atoms with Gasteiger partial charge in [0.15, 0.2) is 0 Å². The van der Waals surface area contributed by atoms with Crippen LogP contribution in [0.15, 0.2) is 29.4 Å². The summed E-state index contributed by atoms with van der Waals surface area (Å²) in [6.45, 7) is -0.359. The fraction of sp³-hybridized carbons (Fsp3) is 0.111. The minimum Gasteiger partial charge on any atom is -0.464 e. The van der Waals surface area contributed by atoms with Gasteiger partial charge in [0.05, 0.1) is 12.3 Å². The fourth-order valence-corrected chi connectivity index (χ4v) is 1.07. The first-order chi connectivity index (χ1) is 7.13.